The first-order chi connectivity index (χ1) is 8.24. The van der Waals surface area contributed by atoms with Crippen LogP contribution in [0.25, 0.3) is 0 Å². The molecule has 0 fully saturated rings. The van der Waals surface area contributed by atoms with E-state index in [2.05, 4.69) is 16.4 Å². The van der Waals surface area contributed by atoms with Crippen molar-refractivity contribution in [3.8, 4) is 0 Å². The summed E-state index contributed by atoms with van der Waals surface area (Å²) >= 11 is 0. The quantitative estimate of drug-likeness (QED) is 0.603. The normalized spacial score (nSPS) is 11.6. The number of para-hydroxylation sites is 2. The Balaban J connectivity index is 0.00000120. The van der Waals surface area contributed by atoms with Gasteiger partial charge >= 0.3 is 0 Å². The third-order valence-electron chi connectivity index (χ3n) is 2.86. The summed E-state index contributed by atoms with van der Waals surface area (Å²) in [5.41, 5.74) is 11.8. The molecule has 0 aromatic heterocycles. The Morgan fingerprint density at radius 2 is 1.89 bits per heavy atom. The molecule has 0 amide bonds. The lowest BCUT2D eigenvalue weighted by atomic mass is 10.1. The third kappa shape index (κ3) is 2.05. The predicted octanol–water partition coefficient (Wildman–Crippen LogP) is 3.81. The highest BCUT2D eigenvalue weighted by Gasteiger charge is 2.11. The van der Waals surface area contributed by atoms with Gasteiger partial charge in [0.2, 0.25) is 0 Å². The zero-order chi connectivity index (χ0) is 11.8. The number of nitrogens with one attached hydrogen (secondary N) is 1. The zero-order valence-electron chi connectivity index (χ0n) is 9.97. The summed E-state index contributed by atoms with van der Waals surface area (Å²) in [6.45, 7) is 2.03. The molecule has 0 saturated heterocycles. The number of nitrogens with zero attached hydrogens (tertiary/aromatic N) is 1. The highest BCUT2D eigenvalue weighted by molar-refractivity contribution is 6.00. The van der Waals surface area contributed by atoms with E-state index in [1.54, 1.807) is 0 Å². The van der Waals surface area contributed by atoms with E-state index < -0.39 is 0 Å². The van der Waals surface area contributed by atoms with Crippen molar-refractivity contribution in [3.05, 3.63) is 47.5 Å². The predicted molar refractivity (Wildman–Crippen MR) is 79.8 cm³/mol. The minimum absolute atomic E-state index is 0. The van der Waals surface area contributed by atoms with Gasteiger partial charge in [-0.15, -0.1) is 12.4 Å². The van der Waals surface area contributed by atoms with E-state index in [0.29, 0.717) is 0 Å². The maximum atomic E-state index is 6.02. The summed E-state index contributed by atoms with van der Waals surface area (Å²) in [6, 6.07) is 12.0. The van der Waals surface area contributed by atoms with Crippen LogP contribution in [0.4, 0.5) is 22.7 Å². The van der Waals surface area contributed by atoms with Crippen LogP contribution in [0, 0.1) is 6.92 Å². The van der Waals surface area contributed by atoms with Crippen molar-refractivity contribution in [2.45, 2.75) is 6.92 Å². The molecule has 2 aromatic rings. The molecule has 1 aliphatic heterocycles. The molecule has 0 unspecified atom stereocenters. The molecular formula is C14H14ClN3. The van der Waals surface area contributed by atoms with Crippen LogP contribution in [-0.2, 0) is 0 Å². The van der Waals surface area contributed by atoms with Gasteiger partial charge in [-0.3, -0.25) is 4.99 Å². The Bertz CT molecular complexity index is 620. The largest absolute Gasteiger partial charge is 0.398 e. The molecule has 0 bridgehead atoms. The first-order valence-corrected chi connectivity index (χ1v) is 5.54. The summed E-state index contributed by atoms with van der Waals surface area (Å²) in [5, 5.41) is 3.38. The Morgan fingerprint density at radius 1 is 1.11 bits per heavy atom. The third-order valence-corrected chi connectivity index (χ3v) is 2.86. The second-order valence-corrected chi connectivity index (χ2v) is 4.22. The summed E-state index contributed by atoms with van der Waals surface area (Å²) < 4.78 is 0. The van der Waals surface area contributed by atoms with Crippen molar-refractivity contribution < 1.29 is 0 Å². The molecule has 3 rings (SSSR count). The number of rotatable bonds is 0. The second-order valence-electron chi connectivity index (χ2n) is 4.22. The number of hydrogen-bond acceptors (Lipinski definition) is 3. The molecule has 1 aliphatic rings. The fourth-order valence-electron chi connectivity index (χ4n) is 2.04. The number of nitrogens with two attached hydrogens (primary N) is 1. The van der Waals surface area contributed by atoms with Crippen molar-refractivity contribution in [3.63, 3.8) is 0 Å². The highest BCUT2D eigenvalue weighted by atomic mass is 35.5. The van der Waals surface area contributed by atoms with Crippen molar-refractivity contribution in [1.82, 2.24) is 0 Å². The fourth-order valence-corrected chi connectivity index (χ4v) is 2.04. The summed E-state index contributed by atoms with van der Waals surface area (Å²) in [6.07, 6.45) is 1.82. The Labute approximate surface area is 112 Å². The van der Waals surface area contributed by atoms with Gasteiger partial charge in [-0.2, -0.15) is 0 Å². The molecule has 92 valence electrons. The van der Waals surface area contributed by atoms with Crippen LogP contribution in [0.3, 0.4) is 0 Å². The second kappa shape index (κ2) is 4.70. The van der Waals surface area contributed by atoms with Gasteiger partial charge in [0, 0.05) is 23.2 Å². The Kier molecular flexibility index (Phi) is 3.26. The van der Waals surface area contributed by atoms with E-state index in [1.165, 1.54) is 0 Å². The molecule has 0 aliphatic carbocycles. The molecule has 2 aromatic carbocycles. The molecule has 3 N–H and O–H groups in total. The standard InChI is InChI=1S/C14H13N3.ClH/c1-9-6-11(15)10-8-16-12-4-2-3-5-13(12)17-14(10)7-9;/h2-8,17H,15H2,1H3;1H. The van der Waals surface area contributed by atoms with Gasteiger partial charge in [-0.25, -0.2) is 0 Å². The number of aliphatic imine (C=N–C) groups is 1. The van der Waals surface area contributed by atoms with E-state index in [0.717, 1.165) is 33.9 Å². The van der Waals surface area contributed by atoms with Crippen molar-refractivity contribution in [2.24, 2.45) is 4.99 Å². The monoisotopic (exact) mass is 259 g/mol. The van der Waals surface area contributed by atoms with Crippen molar-refractivity contribution in [2.75, 3.05) is 11.1 Å². The van der Waals surface area contributed by atoms with Crippen molar-refractivity contribution >= 4 is 41.4 Å². The van der Waals surface area contributed by atoms with E-state index in [9.17, 15) is 0 Å². The molecular weight excluding hydrogens is 246 g/mol. The number of hydrogen-bond donors (Lipinski definition) is 2. The van der Waals surface area contributed by atoms with Crippen LogP contribution in [0.5, 0.6) is 0 Å². The van der Waals surface area contributed by atoms with Gasteiger partial charge in [0.1, 0.15) is 0 Å². The number of aryl methyl sites for hydroxylation is 1. The van der Waals surface area contributed by atoms with E-state index >= 15 is 0 Å². The van der Waals surface area contributed by atoms with Gasteiger partial charge in [-0.1, -0.05) is 12.1 Å². The lowest BCUT2D eigenvalue weighted by Crippen LogP contribution is -1.99. The minimum atomic E-state index is 0. The lowest BCUT2D eigenvalue weighted by Gasteiger charge is -2.11. The van der Waals surface area contributed by atoms with Crippen LogP contribution in [-0.4, -0.2) is 6.21 Å². The smallest absolute Gasteiger partial charge is 0.0864 e. The minimum Gasteiger partial charge on any atom is -0.398 e. The number of anilines is 3. The lowest BCUT2D eigenvalue weighted by molar-refractivity contribution is 1.45. The Hall–Kier alpha value is -2.00. The van der Waals surface area contributed by atoms with Gasteiger partial charge in [0.15, 0.2) is 0 Å². The molecule has 3 nitrogen and oxygen atoms in total. The first-order valence-electron chi connectivity index (χ1n) is 5.54. The van der Waals surface area contributed by atoms with Gasteiger partial charge < -0.3 is 11.1 Å². The number of benzene rings is 2. The first kappa shape index (κ1) is 12.5. The maximum Gasteiger partial charge on any atom is 0.0864 e. The van der Waals surface area contributed by atoms with Crippen LogP contribution in [0.15, 0.2) is 41.4 Å². The molecule has 18 heavy (non-hydrogen) atoms. The zero-order valence-corrected chi connectivity index (χ0v) is 10.8. The number of fused-ring (bicyclic) bond motifs is 2. The molecule has 0 atom stereocenters. The van der Waals surface area contributed by atoms with Crippen LogP contribution >= 0.6 is 12.4 Å². The topological polar surface area (TPSA) is 50.4 Å². The summed E-state index contributed by atoms with van der Waals surface area (Å²) in [4.78, 5) is 4.45. The molecule has 4 heteroatoms. The highest BCUT2D eigenvalue weighted by Crippen LogP contribution is 2.34. The van der Waals surface area contributed by atoms with Gasteiger partial charge in [-0.05, 0) is 36.8 Å². The molecule has 0 spiro atoms. The van der Waals surface area contributed by atoms with E-state index in [4.69, 9.17) is 5.73 Å². The maximum absolute atomic E-state index is 6.02. The fraction of sp³-hybridized carbons (Fsp3) is 0.0714. The SMILES string of the molecule is Cc1cc(N)c2c(c1)Nc1ccccc1N=C2.Cl. The molecule has 0 radical (unpaired) electrons. The van der Waals surface area contributed by atoms with Gasteiger partial charge in [0.25, 0.3) is 0 Å². The average Bonchev–Trinajstić information content (AvgIpc) is 2.47. The average molecular weight is 260 g/mol. The summed E-state index contributed by atoms with van der Waals surface area (Å²) in [7, 11) is 0. The number of halogens is 1. The summed E-state index contributed by atoms with van der Waals surface area (Å²) in [5.74, 6) is 0. The van der Waals surface area contributed by atoms with Crippen LogP contribution < -0.4 is 11.1 Å². The molecule has 1 heterocycles. The van der Waals surface area contributed by atoms with Crippen LogP contribution in [0.2, 0.25) is 0 Å². The van der Waals surface area contributed by atoms with E-state index in [1.807, 2.05) is 43.5 Å². The van der Waals surface area contributed by atoms with Crippen LogP contribution in [0.1, 0.15) is 11.1 Å². The van der Waals surface area contributed by atoms with E-state index in [-0.39, 0.29) is 12.4 Å². The number of nitrogen functional groups attached to an aromatic ring is 1. The molecule has 0 saturated carbocycles. The Morgan fingerprint density at radius 3 is 2.72 bits per heavy atom. The van der Waals surface area contributed by atoms with Crippen molar-refractivity contribution in [1.29, 1.82) is 0 Å². The van der Waals surface area contributed by atoms with Gasteiger partial charge in [0.05, 0.1) is 11.4 Å².